The van der Waals surface area contributed by atoms with Crippen molar-refractivity contribution in [2.24, 2.45) is 5.92 Å². The zero-order valence-corrected chi connectivity index (χ0v) is 21.5. The molecule has 0 saturated carbocycles. The van der Waals surface area contributed by atoms with Crippen molar-refractivity contribution in [3.05, 3.63) is 42.4 Å². The number of hydrogen-bond donors (Lipinski definition) is 0. The molecular formula is C27H37N7O2. The van der Waals surface area contributed by atoms with Crippen molar-refractivity contribution in [3.8, 4) is 5.75 Å². The van der Waals surface area contributed by atoms with Crippen LogP contribution in [-0.2, 0) is 11.3 Å². The predicted octanol–water partition coefficient (Wildman–Crippen LogP) is 3.04. The first-order valence-electron chi connectivity index (χ1n) is 13.3. The van der Waals surface area contributed by atoms with Crippen LogP contribution in [0.15, 0.2) is 36.8 Å². The molecule has 2 aromatic heterocycles. The number of ether oxygens (including phenoxy) is 1. The molecule has 2 saturated heterocycles. The Morgan fingerprint density at radius 3 is 2.61 bits per heavy atom. The maximum atomic E-state index is 13.2. The number of benzene rings is 1. The number of rotatable bonds is 8. The van der Waals surface area contributed by atoms with E-state index in [1.165, 1.54) is 6.42 Å². The smallest absolute Gasteiger partial charge is 0.225 e. The lowest BCUT2D eigenvalue weighted by Crippen LogP contribution is -2.52. The molecular weight excluding hydrogens is 454 g/mol. The van der Waals surface area contributed by atoms with Gasteiger partial charge in [-0.15, -0.1) is 0 Å². The second kappa shape index (κ2) is 11.2. The first kappa shape index (κ1) is 24.5. The predicted molar refractivity (Wildman–Crippen MR) is 140 cm³/mol. The number of piperazine rings is 1. The largest absolute Gasteiger partial charge is 0.494 e. The minimum Gasteiger partial charge on any atom is -0.494 e. The number of likely N-dealkylation sites (tertiary alicyclic amines) is 1. The number of nitrogens with zero attached hydrogens (tertiary/aromatic N) is 7. The fraction of sp³-hybridized carbons (Fsp3) is 0.556. The van der Waals surface area contributed by atoms with E-state index in [2.05, 4.69) is 42.8 Å². The van der Waals surface area contributed by atoms with Crippen LogP contribution in [0, 0.1) is 5.92 Å². The van der Waals surface area contributed by atoms with E-state index >= 15 is 0 Å². The summed E-state index contributed by atoms with van der Waals surface area (Å²) in [7, 11) is 0. The lowest BCUT2D eigenvalue weighted by Gasteiger charge is -2.39. The van der Waals surface area contributed by atoms with Gasteiger partial charge in [0, 0.05) is 32.1 Å². The average molecular weight is 492 g/mol. The molecule has 5 rings (SSSR count). The maximum absolute atomic E-state index is 13.2. The van der Waals surface area contributed by atoms with Gasteiger partial charge in [-0.2, -0.15) is 5.10 Å². The third-order valence-corrected chi connectivity index (χ3v) is 7.32. The summed E-state index contributed by atoms with van der Waals surface area (Å²) in [6, 6.07) is 8.08. The molecule has 0 radical (unpaired) electrons. The fourth-order valence-corrected chi connectivity index (χ4v) is 5.44. The summed E-state index contributed by atoms with van der Waals surface area (Å²) in [4.78, 5) is 29.1. The Morgan fingerprint density at radius 1 is 1.06 bits per heavy atom. The van der Waals surface area contributed by atoms with Gasteiger partial charge in [0.2, 0.25) is 5.91 Å². The Labute approximate surface area is 213 Å². The van der Waals surface area contributed by atoms with Gasteiger partial charge in [-0.3, -0.25) is 4.79 Å². The Bertz CT molecular complexity index is 1160. The SMILES string of the molecule is CCCN1CCC(C(=O)N2CCN(c3ncnc4c3cnn4Cc3cccc(OCC)c3)CC2)CC1. The molecule has 2 aliphatic heterocycles. The van der Waals surface area contributed by atoms with Crippen LogP contribution < -0.4 is 9.64 Å². The van der Waals surface area contributed by atoms with Gasteiger partial charge in [0.05, 0.1) is 24.7 Å². The van der Waals surface area contributed by atoms with Gasteiger partial charge < -0.3 is 19.4 Å². The molecule has 192 valence electrons. The maximum Gasteiger partial charge on any atom is 0.225 e. The van der Waals surface area contributed by atoms with E-state index in [0.717, 1.165) is 86.8 Å². The molecule has 0 spiro atoms. The molecule has 0 N–H and O–H groups in total. The molecule has 4 heterocycles. The zero-order valence-electron chi connectivity index (χ0n) is 21.5. The normalized spacial score (nSPS) is 17.6. The topological polar surface area (TPSA) is 79.6 Å². The van der Waals surface area contributed by atoms with Crippen molar-refractivity contribution in [2.45, 2.75) is 39.7 Å². The van der Waals surface area contributed by atoms with E-state index in [1.54, 1.807) is 6.33 Å². The van der Waals surface area contributed by atoms with Crippen molar-refractivity contribution < 1.29 is 9.53 Å². The summed E-state index contributed by atoms with van der Waals surface area (Å²) in [5.74, 6) is 2.27. The summed E-state index contributed by atoms with van der Waals surface area (Å²) in [5, 5.41) is 5.57. The van der Waals surface area contributed by atoms with Crippen molar-refractivity contribution in [1.29, 1.82) is 0 Å². The van der Waals surface area contributed by atoms with Crippen LogP contribution in [0.4, 0.5) is 5.82 Å². The standard InChI is InChI=1S/C27H37N7O2/c1-3-10-31-11-8-22(9-12-31)27(35)33-15-13-32(14-16-33)25-24-18-30-34(26(24)29-20-28-25)19-21-6-5-7-23(17-21)36-4-2/h5-7,17-18,20,22H,3-4,8-16,19H2,1-2H3. The van der Waals surface area contributed by atoms with Crippen LogP contribution in [-0.4, -0.2) is 87.9 Å². The minimum absolute atomic E-state index is 0.176. The van der Waals surface area contributed by atoms with Gasteiger partial charge in [-0.1, -0.05) is 19.1 Å². The molecule has 0 unspecified atom stereocenters. The van der Waals surface area contributed by atoms with Crippen LogP contribution in [0.25, 0.3) is 11.0 Å². The Balaban J connectivity index is 1.22. The molecule has 9 heteroatoms. The summed E-state index contributed by atoms with van der Waals surface area (Å²) >= 11 is 0. The van der Waals surface area contributed by atoms with Crippen molar-refractivity contribution >= 4 is 22.8 Å². The highest BCUT2D eigenvalue weighted by molar-refractivity contribution is 5.87. The molecule has 2 aliphatic rings. The summed E-state index contributed by atoms with van der Waals surface area (Å²) in [6.45, 7) is 11.7. The monoisotopic (exact) mass is 491 g/mol. The van der Waals surface area contributed by atoms with E-state index in [0.29, 0.717) is 19.1 Å². The average Bonchev–Trinajstić information content (AvgIpc) is 3.32. The van der Waals surface area contributed by atoms with E-state index in [-0.39, 0.29) is 5.92 Å². The lowest BCUT2D eigenvalue weighted by atomic mass is 9.95. The molecule has 0 bridgehead atoms. The first-order chi connectivity index (χ1) is 17.7. The molecule has 0 aliphatic carbocycles. The molecule has 1 aromatic carbocycles. The van der Waals surface area contributed by atoms with Crippen LogP contribution >= 0.6 is 0 Å². The number of amides is 1. The lowest BCUT2D eigenvalue weighted by molar-refractivity contribution is -0.137. The van der Waals surface area contributed by atoms with Crippen LogP contribution in [0.5, 0.6) is 5.75 Å². The van der Waals surface area contributed by atoms with Gasteiger partial charge in [0.25, 0.3) is 0 Å². The number of piperidine rings is 1. The van der Waals surface area contributed by atoms with Crippen molar-refractivity contribution in [1.82, 2.24) is 29.5 Å². The Morgan fingerprint density at radius 2 is 1.86 bits per heavy atom. The zero-order chi connectivity index (χ0) is 24.9. The van der Waals surface area contributed by atoms with Crippen molar-refractivity contribution in [2.75, 3.05) is 57.3 Å². The second-order valence-electron chi connectivity index (χ2n) is 9.75. The second-order valence-corrected chi connectivity index (χ2v) is 9.75. The number of anilines is 1. The third kappa shape index (κ3) is 5.31. The van der Waals surface area contributed by atoms with E-state index in [4.69, 9.17) is 4.74 Å². The molecule has 2 fully saturated rings. The molecule has 1 amide bonds. The summed E-state index contributed by atoms with van der Waals surface area (Å²) < 4.78 is 7.55. The molecule has 36 heavy (non-hydrogen) atoms. The number of aromatic nitrogens is 4. The third-order valence-electron chi connectivity index (χ3n) is 7.32. The fourth-order valence-electron chi connectivity index (χ4n) is 5.44. The Kier molecular flexibility index (Phi) is 7.65. The molecule has 3 aromatic rings. The van der Waals surface area contributed by atoms with Gasteiger partial charge in [0.1, 0.15) is 17.9 Å². The first-order valence-corrected chi connectivity index (χ1v) is 13.3. The van der Waals surface area contributed by atoms with Gasteiger partial charge in [-0.05, 0) is 63.5 Å². The molecule has 0 atom stereocenters. The number of fused-ring (bicyclic) bond motifs is 1. The Hall–Kier alpha value is -3.20. The van der Waals surface area contributed by atoms with E-state index in [1.807, 2.05) is 36.0 Å². The van der Waals surface area contributed by atoms with Gasteiger partial charge in [-0.25, -0.2) is 14.6 Å². The summed E-state index contributed by atoms with van der Waals surface area (Å²) in [6.07, 6.45) is 6.63. The highest BCUT2D eigenvalue weighted by Crippen LogP contribution is 2.26. The van der Waals surface area contributed by atoms with Crippen LogP contribution in [0.1, 0.15) is 38.7 Å². The van der Waals surface area contributed by atoms with Crippen molar-refractivity contribution in [3.63, 3.8) is 0 Å². The van der Waals surface area contributed by atoms with Gasteiger partial charge >= 0.3 is 0 Å². The number of carbonyl (C=O) groups is 1. The highest BCUT2D eigenvalue weighted by atomic mass is 16.5. The molecule has 9 nitrogen and oxygen atoms in total. The van der Waals surface area contributed by atoms with Crippen LogP contribution in [0.3, 0.4) is 0 Å². The van der Waals surface area contributed by atoms with Crippen LogP contribution in [0.2, 0.25) is 0 Å². The number of hydrogen-bond acceptors (Lipinski definition) is 7. The minimum atomic E-state index is 0.176. The quantitative estimate of drug-likeness (QED) is 0.479. The highest BCUT2D eigenvalue weighted by Gasteiger charge is 2.31. The van der Waals surface area contributed by atoms with E-state index < -0.39 is 0 Å². The van der Waals surface area contributed by atoms with Gasteiger partial charge in [0.15, 0.2) is 5.65 Å². The van der Waals surface area contributed by atoms with E-state index in [9.17, 15) is 4.79 Å². The summed E-state index contributed by atoms with van der Waals surface area (Å²) in [5.41, 5.74) is 1.93. The number of carbonyl (C=O) groups excluding carboxylic acids is 1.